The largest absolute Gasteiger partial charge is 0.393 e. The van der Waals surface area contributed by atoms with Crippen molar-refractivity contribution in [3.05, 3.63) is 12.7 Å². The van der Waals surface area contributed by atoms with E-state index in [1.165, 1.54) is 24.1 Å². The molecule has 4 atom stereocenters. The van der Waals surface area contributed by atoms with E-state index in [1.807, 2.05) is 0 Å². The van der Waals surface area contributed by atoms with Crippen LogP contribution in [0.1, 0.15) is 13.2 Å². The van der Waals surface area contributed by atoms with Crippen LogP contribution >= 0.6 is 0 Å². The maximum atomic E-state index is 14.2. The van der Waals surface area contributed by atoms with E-state index >= 15 is 0 Å². The average molecular weight is 283 g/mol. The summed E-state index contributed by atoms with van der Waals surface area (Å²) < 4.78 is 21.0. The first kappa shape index (κ1) is 13.2. The number of nitrogens with two attached hydrogens (primary N) is 1. The van der Waals surface area contributed by atoms with Crippen molar-refractivity contribution in [2.45, 2.75) is 31.0 Å². The highest BCUT2D eigenvalue weighted by atomic mass is 19.1. The molecule has 0 radical (unpaired) electrons. The van der Waals surface area contributed by atoms with E-state index < -0.39 is 30.7 Å². The number of fused-ring (bicyclic) bond motifs is 1. The number of anilines is 1. The van der Waals surface area contributed by atoms with Gasteiger partial charge in [0.25, 0.3) is 0 Å². The molecule has 1 fully saturated rings. The summed E-state index contributed by atoms with van der Waals surface area (Å²) in [4.78, 5) is 11.8. The first-order valence-electron chi connectivity index (χ1n) is 6.02. The second-order valence-electron chi connectivity index (χ2n) is 4.95. The minimum atomic E-state index is -1.72. The quantitative estimate of drug-likeness (QED) is 0.672. The number of aromatic nitrogens is 4. The summed E-state index contributed by atoms with van der Waals surface area (Å²) in [5.74, 6) is 0.174. The number of hydrogen-bond donors (Lipinski definition) is 3. The molecule has 0 aromatic carbocycles. The van der Waals surface area contributed by atoms with Crippen molar-refractivity contribution in [3.63, 3.8) is 0 Å². The molecule has 2 aromatic rings. The monoisotopic (exact) mass is 283 g/mol. The lowest BCUT2D eigenvalue weighted by molar-refractivity contribution is -0.115. The third-order valence-corrected chi connectivity index (χ3v) is 3.56. The van der Waals surface area contributed by atoms with Gasteiger partial charge in [0, 0.05) is 0 Å². The summed E-state index contributed by atoms with van der Waals surface area (Å²) in [6.45, 7) is 0.932. The molecule has 0 saturated carbocycles. The lowest BCUT2D eigenvalue weighted by atomic mass is 9.99. The zero-order chi connectivity index (χ0) is 14.5. The first-order valence-corrected chi connectivity index (χ1v) is 6.02. The molecule has 1 aliphatic heterocycles. The van der Waals surface area contributed by atoms with Crippen LogP contribution in [-0.4, -0.2) is 54.2 Å². The summed E-state index contributed by atoms with van der Waals surface area (Å²) >= 11 is 0. The average Bonchev–Trinajstić information content (AvgIpc) is 2.96. The highest BCUT2D eigenvalue weighted by Gasteiger charge is 2.53. The number of alkyl halides is 1. The molecule has 108 valence electrons. The third-order valence-electron chi connectivity index (χ3n) is 3.56. The van der Waals surface area contributed by atoms with Gasteiger partial charge in [0.05, 0.1) is 12.9 Å². The summed E-state index contributed by atoms with van der Waals surface area (Å²) in [5, 5.41) is 19.1. The van der Waals surface area contributed by atoms with Gasteiger partial charge in [-0.2, -0.15) is 0 Å². The third kappa shape index (κ3) is 1.67. The van der Waals surface area contributed by atoms with Crippen LogP contribution in [0.2, 0.25) is 0 Å². The summed E-state index contributed by atoms with van der Waals surface area (Å²) in [5.41, 5.74) is 4.92. The van der Waals surface area contributed by atoms with Gasteiger partial charge in [0.1, 0.15) is 23.5 Å². The van der Waals surface area contributed by atoms with Crippen LogP contribution in [0.15, 0.2) is 12.7 Å². The summed E-state index contributed by atoms with van der Waals surface area (Å²) in [6, 6.07) is 0. The molecule has 8 nitrogen and oxygen atoms in total. The van der Waals surface area contributed by atoms with Crippen molar-refractivity contribution in [2.24, 2.45) is 0 Å². The van der Waals surface area contributed by atoms with Gasteiger partial charge in [-0.3, -0.25) is 4.57 Å². The Kier molecular flexibility index (Phi) is 2.85. The van der Waals surface area contributed by atoms with Crippen LogP contribution in [0.5, 0.6) is 0 Å². The van der Waals surface area contributed by atoms with E-state index in [0.29, 0.717) is 11.2 Å². The number of ether oxygens (including phenoxy) is 1. The Bertz CT molecular complexity index is 650. The number of hydrogen-bond acceptors (Lipinski definition) is 7. The SMILES string of the molecule is C[C@]1(CO)O[C@@H](n2cnc3c(N)ncnc32)[C@@H](F)[C@@H]1O. The zero-order valence-corrected chi connectivity index (χ0v) is 10.6. The normalized spacial score (nSPS) is 33.9. The van der Waals surface area contributed by atoms with Gasteiger partial charge in [0.2, 0.25) is 0 Å². The second kappa shape index (κ2) is 4.33. The maximum Gasteiger partial charge on any atom is 0.174 e. The number of aliphatic hydroxyl groups is 2. The van der Waals surface area contributed by atoms with Crippen molar-refractivity contribution in [1.29, 1.82) is 0 Å². The summed E-state index contributed by atoms with van der Waals surface area (Å²) in [6.07, 6.45) is -1.75. The number of aliphatic hydroxyl groups excluding tert-OH is 2. The first-order chi connectivity index (χ1) is 9.48. The molecule has 0 spiro atoms. The molecule has 2 aromatic heterocycles. The van der Waals surface area contributed by atoms with Crippen LogP contribution in [0, 0.1) is 0 Å². The van der Waals surface area contributed by atoms with Crippen molar-refractivity contribution >= 4 is 17.0 Å². The molecular formula is C11H14FN5O3. The number of nitrogens with zero attached hydrogens (tertiary/aromatic N) is 4. The molecule has 0 bridgehead atoms. The fourth-order valence-corrected chi connectivity index (χ4v) is 2.30. The highest BCUT2D eigenvalue weighted by molar-refractivity contribution is 5.81. The van der Waals surface area contributed by atoms with Gasteiger partial charge >= 0.3 is 0 Å². The molecule has 1 saturated heterocycles. The van der Waals surface area contributed by atoms with Crippen LogP contribution in [-0.2, 0) is 4.74 Å². The van der Waals surface area contributed by atoms with E-state index in [2.05, 4.69) is 15.0 Å². The minimum absolute atomic E-state index is 0.174. The molecule has 3 heterocycles. The van der Waals surface area contributed by atoms with E-state index in [-0.39, 0.29) is 5.82 Å². The Morgan fingerprint density at radius 2 is 2.25 bits per heavy atom. The van der Waals surface area contributed by atoms with Crippen LogP contribution in [0.3, 0.4) is 0 Å². The Morgan fingerprint density at radius 1 is 1.50 bits per heavy atom. The number of rotatable bonds is 2. The van der Waals surface area contributed by atoms with Crippen molar-refractivity contribution < 1.29 is 19.3 Å². The van der Waals surface area contributed by atoms with E-state index in [1.54, 1.807) is 0 Å². The summed E-state index contributed by atoms with van der Waals surface area (Å²) in [7, 11) is 0. The van der Waals surface area contributed by atoms with E-state index in [4.69, 9.17) is 10.5 Å². The van der Waals surface area contributed by atoms with E-state index in [0.717, 1.165) is 0 Å². The minimum Gasteiger partial charge on any atom is -0.393 e. The zero-order valence-electron chi connectivity index (χ0n) is 10.6. The van der Waals surface area contributed by atoms with E-state index in [9.17, 15) is 14.6 Å². The van der Waals surface area contributed by atoms with Crippen LogP contribution < -0.4 is 5.73 Å². The molecule has 0 aliphatic carbocycles. The molecule has 0 unspecified atom stereocenters. The van der Waals surface area contributed by atoms with Gasteiger partial charge in [0.15, 0.2) is 23.9 Å². The van der Waals surface area contributed by atoms with Gasteiger partial charge < -0.3 is 20.7 Å². The number of halogens is 1. The Labute approximate surface area is 113 Å². The molecule has 0 amide bonds. The lowest BCUT2D eigenvalue weighted by Gasteiger charge is -2.24. The Hall–Kier alpha value is -1.84. The fourth-order valence-electron chi connectivity index (χ4n) is 2.30. The van der Waals surface area contributed by atoms with Crippen molar-refractivity contribution in [2.75, 3.05) is 12.3 Å². The van der Waals surface area contributed by atoms with Gasteiger partial charge in [-0.1, -0.05) is 0 Å². The van der Waals surface area contributed by atoms with Crippen LogP contribution in [0.4, 0.5) is 10.2 Å². The van der Waals surface area contributed by atoms with Crippen LogP contribution in [0.25, 0.3) is 11.2 Å². The molecule has 3 rings (SSSR count). The molecule has 1 aliphatic rings. The predicted molar refractivity (Wildman–Crippen MR) is 66.3 cm³/mol. The molecule has 4 N–H and O–H groups in total. The lowest BCUT2D eigenvalue weighted by Crippen LogP contribution is -2.42. The standard InChI is InChI=1S/C11H14FN5O3/c1-11(2-18)7(19)5(12)10(20-11)17-4-16-6-8(13)14-3-15-9(6)17/h3-5,7,10,18-19H,2H2,1H3,(H2,13,14,15)/t5-,7-,10+,11+/m0/s1. The molecule has 9 heteroatoms. The smallest absolute Gasteiger partial charge is 0.174 e. The van der Waals surface area contributed by atoms with Gasteiger partial charge in [-0.25, -0.2) is 19.3 Å². The second-order valence-corrected chi connectivity index (χ2v) is 4.95. The number of imidazole rings is 1. The highest BCUT2D eigenvalue weighted by Crippen LogP contribution is 2.39. The number of nitrogen functional groups attached to an aromatic ring is 1. The van der Waals surface area contributed by atoms with Crippen molar-refractivity contribution in [3.8, 4) is 0 Å². The molecule has 20 heavy (non-hydrogen) atoms. The topological polar surface area (TPSA) is 119 Å². The van der Waals surface area contributed by atoms with Gasteiger partial charge in [-0.05, 0) is 6.92 Å². The van der Waals surface area contributed by atoms with Crippen molar-refractivity contribution in [1.82, 2.24) is 19.5 Å². The predicted octanol–water partition coefficient (Wildman–Crippen LogP) is -0.613. The fraction of sp³-hybridized carbons (Fsp3) is 0.545. The Balaban J connectivity index is 2.06. The Morgan fingerprint density at radius 3 is 2.90 bits per heavy atom. The van der Waals surface area contributed by atoms with Gasteiger partial charge in [-0.15, -0.1) is 0 Å². The maximum absolute atomic E-state index is 14.2. The molecular weight excluding hydrogens is 269 g/mol.